The van der Waals surface area contributed by atoms with E-state index in [1.807, 2.05) is 0 Å². The Hall–Kier alpha value is -2.63. The van der Waals surface area contributed by atoms with Crippen LogP contribution in [0.2, 0.25) is 0 Å². The van der Waals surface area contributed by atoms with E-state index in [-0.39, 0.29) is 31.1 Å². The van der Waals surface area contributed by atoms with Crippen molar-refractivity contribution in [2.75, 3.05) is 13.2 Å². The van der Waals surface area contributed by atoms with Gasteiger partial charge >= 0.3 is 17.9 Å². The van der Waals surface area contributed by atoms with Crippen molar-refractivity contribution in [2.24, 2.45) is 0 Å². The van der Waals surface area contributed by atoms with E-state index in [9.17, 15) is 14.4 Å². The third kappa shape index (κ3) is 48.3. The molecule has 0 aromatic rings. The highest BCUT2D eigenvalue weighted by molar-refractivity contribution is 5.71. The summed E-state index contributed by atoms with van der Waals surface area (Å²) in [5, 5.41) is 0. The van der Waals surface area contributed by atoms with Gasteiger partial charge in [-0.25, -0.2) is 0 Å². The molecule has 0 aliphatic carbocycles. The van der Waals surface area contributed by atoms with Crippen LogP contribution in [0.5, 0.6) is 0 Å². The fourth-order valence-electron chi connectivity index (χ4n) is 7.33. The molecule has 6 nitrogen and oxygen atoms in total. The summed E-state index contributed by atoms with van der Waals surface area (Å²) in [6.45, 7) is 6.55. The number of carbonyl (C=O) groups is 3. The minimum Gasteiger partial charge on any atom is -0.462 e. The average Bonchev–Trinajstić information content (AvgIpc) is 3.26. The van der Waals surface area contributed by atoms with Gasteiger partial charge in [-0.15, -0.1) is 0 Å². The molecule has 1 unspecified atom stereocenters. The van der Waals surface area contributed by atoms with Crippen molar-refractivity contribution >= 4 is 17.9 Å². The quantitative estimate of drug-likeness (QED) is 0.0263. The fraction of sp³-hybridized carbons (Fsp3) is 0.800. The second-order valence-corrected chi connectivity index (χ2v) is 17.4. The van der Waals surface area contributed by atoms with Crippen molar-refractivity contribution < 1.29 is 28.6 Å². The van der Waals surface area contributed by atoms with Crippen molar-refractivity contribution in [2.45, 2.75) is 271 Å². The molecule has 0 bridgehead atoms. The maximum atomic E-state index is 12.7. The van der Waals surface area contributed by atoms with Crippen LogP contribution in [-0.2, 0) is 28.6 Å². The molecule has 1 atom stereocenters. The number of hydrogen-bond acceptors (Lipinski definition) is 6. The van der Waals surface area contributed by atoms with Gasteiger partial charge in [-0.3, -0.25) is 14.4 Å². The molecule has 61 heavy (non-hydrogen) atoms. The molecule has 6 heteroatoms. The highest BCUT2D eigenvalue weighted by Crippen LogP contribution is 2.15. The first-order valence-electron chi connectivity index (χ1n) is 26.1. The summed E-state index contributed by atoms with van der Waals surface area (Å²) in [5.74, 6) is -0.892. The molecule has 0 aromatic carbocycles. The van der Waals surface area contributed by atoms with E-state index < -0.39 is 6.10 Å². The van der Waals surface area contributed by atoms with Gasteiger partial charge in [-0.2, -0.15) is 0 Å². The van der Waals surface area contributed by atoms with Crippen LogP contribution in [0.15, 0.2) is 48.6 Å². The van der Waals surface area contributed by atoms with Crippen LogP contribution >= 0.6 is 0 Å². The van der Waals surface area contributed by atoms with Crippen LogP contribution in [0.1, 0.15) is 265 Å². The lowest BCUT2D eigenvalue weighted by atomic mass is 10.1. The first-order chi connectivity index (χ1) is 30.0. The van der Waals surface area contributed by atoms with Crippen molar-refractivity contribution in [1.82, 2.24) is 0 Å². The Morgan fingerprint density at radius 2 is 0.623 bits per heavy atom. The smallest absolute Gasteiger partial charge is 0.306 e. The summed E-state index contributed by atoms with van der Waals surface area (Å²) < 4.78 is 16.7. The number of rotatable bonds is 47. The van der Waals surface area contributed by atoms with Crippen LogP contribution in [0.4, 0.5) is 0 Å². The van der Waals surface area contributed by atoms with Crippen LogP contribution in [0.3, 0.4) is 0 Å². The van der Waals surface area contributed by atoms with Gasteiger partial charge in [0, 0.05) is 19.3 Å². The molecule has 354 valence electrons. The van der Waals surface area contributed by atoms with Gasteiger partial charge in [0.15, 0.2) is 6.10 Å². The number of allylic oxidation sites excluding steroid dienone is 8. The van der Waals surface area contributed by atoms with Gasteiger partial charge in [0.2, 0.25) is 0 Å². The zero-order valence-corrected chi connectivity index (χ0v) is 40.4. The zero-order chi connectivity index (χ0) is 44.4. The van der Waals surface area contributed by atoms with E-state index in [2.05, 4.69) is 69.4 Å². The highest BCUT2D eigenvalue weighted by Gasteiger charge is 2.19. The Morgan fingerprint density at radius 1 is 0.328 bits per heavy atom. The van der Waals surface area contributed by atoms with E-state index >= 15 is 0 Å². The Bertz CT molecular complexity index is 1070. The van der Waals surface area contributed by atoms with Crippen molar-refractivity contribution in [3.63, 3.8) is 0 Å². The van der Waals surface area contributed by atoms with E-state index in [0.717, 1.165) is 96.3 Å². The van der Waals surface area contributed by atoms with E-state index in [4.69, 9.17) is 14.2 Å². The van der Waals surface area contributed by atoms with Gasteiger partial charge in [0.05, 0.1) is 0 Å². The minimum absolute atomic E-state index is 0.0771. The van der Waals surface area contributed by atoms with Crippen LogP contribution < -0.4 is 0 Å². The predicted molar refractivity (Wildman–Crippen MR) is 261 cm³/mol. The SMILES string of the molecule is CCC/C=C\CCCCCCCC(=O)OC(COC(=O)CCCCCCCCCC/C=C\C/C=C\C/C=C\CCCCCCC)COC(=O)CCCCCCCCCCCC. The Labute approximate surface area is 378 Å². The summed E-state index contributed by atoms with van der Waals surface area (Å²) in [6, 6.07) is 0. The second kappa shape index (κ2) is 50.0. The molecular formula is C55H98O6. The van der Waals surface area contributed by atoms with Gasteiger partial charge in [0.25, 0.3) is 0 Å². The molecule has 0 N–H and O–H groups in total. The van der Waals surface area contributed by atoms with Crippen molar-refractivity contribution in [3.05, 3.63) is 48.6 Å². The third-order valence-electron chi connectivity index (χ3n) is 11.3. The monoisotopic (exact) mass is 855 g/mol. The van der Waals surface area contributed by atoms with E-state index in [1.54, 1.807) is 0 Å². The molecule has 0 radical (unpaired) electrons. The summed E-state index contributed by atoms with van der Waals surface area (Å²) in [7, 11) is 0. The van der Waals surface area contributed by atoms with Gasteiger partial charge < -0.3 is 14.2 Å². The summed E-state index contributed by atoms with van der Waals surface area (Å²) in [6.07, 6.45) is 59.6. The fourth-order valence-corrected chi connectivity index (χ4v) is 7.33. The van der Waals surface area contributed by atoms with Gasteiger partial charge in [0.1, 0.15) is 13.2 Å². The molecule has 0 aliphatic heterocycles. The Morgan fingerprint density at radius 3 is 1.00 bits per heavy atom. The molecular weight excluding hydrogens is 757 g/mol. The first-order valence-corrected chi connectivity index (χ1v) is 26.1. The average molecular weight is 855 g/mol. The first kappa shape index (κ1) is 58.4. The number of carbonyl (C=O) groups excluding carboxylic acids is 3. The molecule has 0 saturated heterocycles. The second-order valence-electron chi connectivity index (χ2n) is 17.4. The number of ether oxygens (including phenoxy) is 3. The summed E-state index contributed by atoms with van der Waals surface area (Å²) in [4.78, 5) is 37.8. The van der Waals surface area contributed by atoms with Crippen LogP contribution in [0.25, 0.3) is 0 Å². The number of unbranched alkanes of at least 4 members (excludes halogenated alkanes) is 28. The largest absolute Gasteiger partial charge is 0.462 e. The van der Waals surface area contributed by atoms with Crippen molar-refractivity contribution in [1.29, 1.82) is 0 Å². The standard InChI is InChI=1S/C55H98O6/c1-4-7-10-13-16-19-22-23-24-25-26-27-28-29-30-31-32-33-34-37-39-42-45-48-54(57)60-51-52(61-55(58)49-46-43-40-36-21-18-15-12-9-6-3)50-59-53(56)47-44-41-38-35-20-17-14-11-8-5-2/h12,15,22-23,25-26,28-29,52H,4-11,13-14,16-21,24,27,30-51H2,1-3H3/b15-12-,23-22-,26-25-,29-28-. The molecule has 0 heterocycles. The zero-order valence-electron chi connectivity index (χ0n) is 40.4. The van der Waals surface area contributed by atoms with Crippen molar-refractivity contribution in [3.8, 4) is 0 Å². The van der Waals surface area contributed by atoms with E-state index in [1.165, 1.54) is 128 Å². The minimum atomic E-state index is -0.776. The molecule has 0 saturated carbocycles. The van der Waals surface area contributed by atoms with Crippen LogP contribution in [0, 0.1) is 0 Å². The maximum absolute atomic E-state index is 12.7. The highest BCUT2D eigenvalue weighted by atomic mass is 16.6. The van der Waals surface area contributed by atoms with Crippen LogP contribution in [-0.4, -0.2) is 37.2 Å². The lowest BCUT2D eigenvalue weighted by Gasteiger charge is -2.18. The Kier molecular flexibility index (Phi) is 47.9. The number of esters is 3. The molecule has 0 fully saturated rings. The lowest BCUT2D eigenvalue weighted by molar-refractivity contribution is -0.167. The summed E-state index contributed by atoms with van der Waals surface area (Å²) in [5.41, 5.74) is 0. The normalized spacial score (nSPS) is 12.4. The topological polar surface area (TPSA) is 78.9 Å². The summed E-state index contributed by atoms with van der Waals surface area (Å²) >= 11 is 0. The molecule has 0 amide bonds. The molecule has 0 aromatic heterocycles. The number of hydrogen-bond donors (Lipinski definition) is 0. The Balaban J connectivity index is 4.22. The molecule has 0 aliphatic rings. The van der Waals surface area contributed by atoms with E-state index in [0.29, 0.717) is 19.3 Å². The predicted octanol–water partition coefficient (Wildman–Crippen LogP) is 17.1. The van der Waals surface area contributed by atoms with Gasteiger partial charge in [-0.1, -0.05) is 217 Å². The van der Waals surface area contributed by atoms with Gasteiger partial charge in [-0.05, 0) is 77.0 Å². The molecule has 0 spiro atoms. The maximum Gasteiger partial charge on any atom is 0.306 e. The third-order valence-corrected chi connectivity index (χ3v) is 11.3. The lowest BCUT2D eigenvalue weighted by Crippen LogP contribution is -2.30. The molecule has 0 rings (SSSR count).